The highest BCUT2D eigenvalue weighted by Crippen LogP contribution is 2.46. The van der Waals surface area contributed by atoms with Crippen LogP contribution in [0.1, 0.15) is 441 Å². The van der Waals surface area contributed by atoms with Crippen molar-refractivity contribution in [2.75, 3.05) is 26.2 Å². The Morgan fingerprint density at radius 2 is 0.529 bits per heavy atom. The molecule has 0 aliphatic heterocycles. The summed E-state index contributed by atoms with van der Waals surface area (Å²) in [7, 11) is 0. The van der Waals surface area contributed by atoms with Crippen LogP contribution in [0.4, 0.5) is 0 Å². The molecule has 1 unspecified atom stereocenters. The molecular weight excluding hydrogens is 1040 g/mol. The zero-order chi connectivity index (χ0) is 62.3. The highest BCUT2D eigenvalue weighted by atomic mass is 16.2. The van der Waals surface area contributed by atoms with Gasteiger partial charge in [-0.2, -0.15) is 0 Å². The summed E-state index contributed by atoms with van der Waals surface area (Å²) in [5.41, 5.74) is -0.0840. The number of amides is 3. The fourth-order valence-electron chi connectivity index (χ4n) is 14.2. The van der Waals surface area contributed by atoms with E-state index in [0.29, 0.717) is 31.8 Å². The van der Waals surface area contributed by atoms with Crippen LogP contribution in [0.5, 0.6) is 0 Å². The van der Waals surface area contributed by atoms with Gasteiger partial charge in [0.1, 0.15) is 0 Å². The zero-order valence-electron chi connectivity index (χ0n) is 59.5. The SMILES string of the molecule is CCCCCCCCCCCCCCCCCCCC(=O)NCCCC(C)N(CCNC(=O)CCCCCCCCCCCCCCCCCCC)C(CC)(CC)C(C)(C)CCCNC(=O)CCCCCCCCCCCCCCCCCCC. The van der Waals surface area contributed by atoms with Gasteiger partial charge >= 0.3 is 0 Å². The largest absolute Gasteiger partial charge is 0.356 e. The molecule has 0 spiro atoms. The molecule has 0 aromatic carbocycles. The third-order valence-electron chi connectivity index (χ3n) is 20.1. The van der Waals surface area contributed by atoms with E-state index in [1.807, 2.05) is 0 Å². The standard InChI is InChI=1S/C78H156N4O3/c1-9-14-17-20-23-26-29-32-35-38-41-44-47-50-53-56-59-65-74(83)79-69-62-64-73(6)82(72-71-81-76(85)67-61-58-55-52-49-46-43-40-37-34-31-28-25-22-19-16-11-3)78(12-4,13-5)77(7,8)68-63-70-80-75(84)66-60-57-54-51-48-45-42-39-36-33-30-27-24-21-18-15-10-2/h73H,9-72H2,1-8H3,(H,79,83)(H,80,84)(H,81,85). The lowest BCUT2D eigenvalue weighted by Gasteiger charge is -2.56. The Balaban J connectivity index is 4.91. The Kier molecular flexibility index (Phi) is 62.7. The van der Waals surface area contributed by atoms with Gasteiger partial charge in [-0.05, 0) is 70.1 Å². The second-order valence-corrected chi connectivity index (χ2v) is 28.2. The number of nitrogens with one attached hydrogen (secondary N) is 3. The summed E-state index contributed by atoms with van der Waals surface area (Å²) >= 11 is 0. The van der Waals surface area contributed by atoms with Gasteiger partial charge in [-0.25, -0.2) is 0 Å². The van der Waals surface area contributed by atoms with Gasteiger partial charge in [0.05, 0.1) is 0 Å². The first kappa shape index (κ1) is 83.4. The van der Waals surface area contributed by atoms with Crippen LogP contribution in [0.2, 0.25) is 0 Å². The summed E-state index contributed by atoms with van der Waals surface area (Å²) in [6.07, 6.45) is 76.8. The summed E-state index contributed by atoms with van der Waals surface area (Å²) in [6.45, 7) is 21.8. The third-order valence-corrected chi connectivity index (χ3v) is 20.1. The molecule has 0 fully saturated rings. The molecule has 0 aromatic heterocycles. The van der Waals surface area contributed by atoms with E-state index in [1.54, 1.807) is 0 Å². The maximum Gasteiger partial charge on any atom is 0.220 e. The average Bonchev–Trinajstić information content (AvgIpc) is 1.83. The van der Waals surface area contributed by atoms with Crippen molar-refractivity contribution in [3.05, 3.63) is 0 Å². The molecule has 0 saturated carbocycles. The van der Waals surface area contributed by atoms with Gasteiger partial charge in [0.2, 0.25) is 17.7 Å². The lowest BCUT2D eigenvalue weighted by molar-refractivity contribution is -0.122. The monoisotopic (exact) mass is 1200 g/mol. The smallest absolute Gasteiger partial charge is 0.220 e. The summed E-state index contributed by atoms with van der Waals surface area (Å²) in [6, 6.07) is 0.299. The second kappa shape index (κ2) is 63.9. The Morgan fingerprint density at radius 1 is 0.306 bits per heavy atom. The molecule has 0 aliphatic carbocycles. The van der Waals surface area contributed by atoms with E-state index < -0.39 is 0 Å². The number of carbonyl (C=O) groups excluding carboxylic acids is 3. The van der Waals surface area contributed by atoms with Crippen LogP contribution in [0.25, 0.3) is 0 Å². The Hall–Kier alpha value is -1.63. The Bertz CT molecular complexity index is 1400. The summed E-state index contributed by atoms with van der Waals surface area (Å²) in [5, 5.41) is 9.94. The molecule has 0 heterocycles. The molecule has 0 aliphatic rings. The van der Waals surface area contributed by atoms with E-state index in [1.165, 1.54) is 289 Å². The highest BCUT2D eigenvalue weighted by molar-refractivity contribution is 5.76. The topological polar surface area (TPSA) is 90.5 Å². The van der Waals surface area contributed by atoms with E-state index in [-0.39, 0.29) is 28.7 Å². The summed E-state index contributed by atoms with van der Waals surface area (Å²) in [5.74, 6) is 0.612. The maximum atomic E-state index is 13.3. The molecule has 0 bridgehead atoms. The minimum atomic E-state index is -0.0713. The normalized spacial score (nSPS) is 12.4. The van der Waals surface area contributed by atoms with Crippen LogP contribution in [-0.2, 0) is 14.4 Å². The fourth-order valence-corrected chi connectivity index (χ4v) is 14.2. The number of hydrogen-bond acceptors (Lipinski definition) is 4. The van der Waals surface area contributed by atoms with E-state index in [0.717, 1.165) is 96.7 Å². The fraction of sp³-hybridized carbons (Fsp3) is 0.962. The number of nitrogens with zero attached hydrogens (tertiary/aromatic N) is 1. The lowest BCUT2D eigenvalue weighted by atomic mass is 9.64. The van der Waals surface area contributed by atoms with Crippen molar-refractivity contribution in [3.63, 3.8) is 0 Å². The molecule has 0 saturated heterocycles. The maximum absolute atomic E-state index is 13.3. The quantitative estimate of drug-likeness (QED) is 0.0529. The van der Waals surface area contributed by atoms with Crippen molar-refractivity contribution in [2.45, 2.75) is 452 Å². The van der Waals surface area contributed by atoms with E-state index in [9.17, 15) is 14.4 Å². The molecule has 7 heteroatoms. The van der Waals surface area contributed by atoms with Crippen LogP contribution >= 0.6 is 0 Å². The molecule has 0 rings (SSSR count). The predicted octanol–water partition coefficient (Wildman–Crippen LogP) is 24.3. The van der Waals surface area contributed by atoms with Crippen LogP contribution in [-0.4, -0.2) is 60.4 Å². The van der Waals surface area contributed by atoms with E-state index in [4.69, 9.17) is 0 Å². The van der Waals surface area contributed by atoms with Crippen molar-refractivity contribution >= 4 is 17.7 Å². The van der Waals surface area contributed by atoms with Gasteiger partial charge in [-0.1, -0.05) is 357 Å². The van der Waals surface area contributed by atoms with Gasteiger partial charge < -0.3 is 16.0 Å². The molecule has 7 nitrogen and oxygen atoms in total. The molecule has 3 N–H and O–H groups in total. The Labute approximate surface area is 534 Å². The minimum Gasteiger partial charge on any atom is -0.356 e. The zero-order valence-corrected chi connectivity index (χ0v) is 59.5. The van der Waals surface area contributed by atoms with Crippen molar-refractivity contribution < 1.29 is 14.4 Å². The van der Waals surface area contributed by atoms with Gasteiger partial charge in [-0.3, -0.25) is 19.3 Å². The van der Waals surface area contributed by atoms with Crippen molar-refractivity contribution in [2.24, 2.45) is 5.41 Å². The first-order valence-electron chi connectivity index (χ1n) is 39.1. The second-order valence-electron chi connectivity index (χ2n) is 28.2. The van der Waals surface area contributed by atoms with E-state index >= 15 is 0 Å². The van der Waals surface area contributed by atoms with Crippen molar-refractivity contribution in [1.82, 2.24) is 20.9 Å². The number of hydrogen-bond donors (Lipinski definition) is 3. The van der Waals surface area contributed by atoms with Gasteiger partial charge in [0.15, 0.2) is 0 Å². The lowest BCUT2D eigenvalue weighted by Crippen LogP contribution is -2.61. The van der Waals surface area contributed by atoms with Crippen LogP contribution < -0.4 is 16.0 Å². The first-order valence-corrected chi connectivity index (χ1v) is 39.1. The molecule has 506 valence electrons. The van der Waals surface area contributed by atoms with E-state index in [2.05, 4.69) is 76.2 Å². The van der Waals surface area contributed by atoms with Gasteiger partial charge in [-0.15, -0.1) is 0 Å². The molecule has 3 amide bonds. The first-order chi connectivity index (χ1) is 41.5. The molecule has 0 aromatic rings. The number of unbranched alkanes of at least 4 members (excludes halogenated alkanes) is 48. The highest BCUT2D eigenvalue weighted by Gasteiger charge is 2.47. The molecular formula is C78H156N4O3. The van der Waals surface area contributed by atoms with Crippen LogP contribution in [0.3, 0.4) is 0 Å². The van der Waals surface area contributed by atoms with Gasteiger partial charge in [0.25, 0.3) is 0 Å². The minimum absolute atomic E-state index is 0.0127. The molecule has 0 radical (unpaired) electrons. The number of carbonyl (C=O) groups is 3. The summed E-state index contributed by atoms with van der Waals surface area (Å²) < 4.78 is 0. The van der Waals surface area contributed by atoms with Gasteiger partial charge in [0, 0.05) is 57.0 Å². The summed E-state index contributed by atoms with van der Waals surface area (Å²) in [4.78, 5) is 42.0. The van der Waals surface area contributed by atoms with Crippen LogP contribution in [0.15, 0.2) is 0 Å². The molecule has 1 atom stereocenters. The Morgan fingerprint density at radius 3 is 0.776 bits per heavy atom. The average molecular weight is 1200 g/mol. The third kappa shape index (κ3) is 51.8. The molecule has 85 heavy (non-hydrogen) atoms. The van der Waals surface area contributed by atoms with Crippen LogP contribution in [0, 0.1) is 5.41 Å². The predicted molar refractivity (Wildman–Crippen MR) is 377 cm³/mol. The van der Waals surface area contributed by atoms with Crippen molar-refractivity contribution in [3.8, 4) is 0 Å². The van der Waals surface area contributed by atoms with Crippen molar-refractivity contribution in [1.29, 1.82) is 0 Å². The number of rotatable bonds is 70.